The van der Waals surface area contributed by atoms with Crippen molar-refractivity contribution in [3.8, 4) is 0 Å². The minimum atomic E-state index is -1.46. The van der Waals surface area contributed by atoms with Crippen molar-refractivity contribution in [1.29, 1.82) is 0 Å². The number of nitrogens with two attached hydrogens (primary N) is 1. The Balaban J connectivity index is 1.41. The highest BCUT2D eigenvalue weighted by molar-refractivity contribution is 7.16. The molecule has 3 atom stereocenters. The largest absolute Gasteiger partial charge is 0.383 e. The number of anilines is 2. The van der Waals surface area contributed by atoms with Crippen LogP contribution in [0.15, 0.2) is 36.0 Å². The van der Waals surface area contributed by atoms with Gasteiger partial charge in [0.05, 0.1) is 33.7 Å². The van der Waals surface area contributed by atoms with E-state index in [1.54, 1.807) is 25.4 Å². The molecular weight excluding hydrogens is 441 g/mol. The Bertz CT molecular complexity index is 1240. The maximum absolute atomic E-state index is 15.3. The second-order valence-electron chi connectivity index (χ2n) is 9.36. The summed E-state index contributed by atoms with van der Waals surface area (Å²) < 4.78 is 16.3. The second-order valence-corrected chi connectivity index (χ2v) is 10.2. The number of piperidine rings is 1. The van der Waals surface area contributed by atoms with E-state index in [-0.39, 0.29) is 13.0 Å². The van der Waals surface area contributed by atoms with Gasteiger partial charge in [-0.05, 0) is 55.0 Å². The number of hydrogen-bond acceptors (Lipinski definition) is 6. The van der Waals surface area contributed by atoms with Gasteiger partial charge in [0.15, 0.2) is 0 Å². The van der Waals surface area contributed by atoms with Crippen LogP contribution in [-0.4, -0.2) is 38.9 Å². The van der Waals surface area contributed by atoms with Crippen molar-refractivity contribution < 1.29 is 14.0 Å². The Morgan fingerprint density at radius 2 is 2.06 bits per heavy atom. The second kappa shape index (κ2) is 8.06. The molecule has 0 spiro atoms. The van der Waals surface area contributed by atoms with E-state index < -0.39 is 29.4 Å². The molecule has 0 bridgehead atoms. The Labute approximate surface area is 195 Å². The van der Waals surface area contributed by atoms with Crippen molar-refractivity contribution in [2.24, 2.45) is 5.92 Å². The molecule has 7 nitrogen and oxygen atoms in total. The van der Waals surface area contributed by atoms with Gasteiger partial charge in [-0.15, -0.1) is 11.3 Å². The predicted octanol–water partition coefficient (Wildman–Crippen LogP) is 4.43. The molecule has 2 fully saturated rings. The van der Waals surface area contributed by atoms with Crippen LogP contribution in [0.2, 0.25) is 0 Å². The summed E-state index contributed by atoms with van der Waals surface area (Å²) in [5, 5.41) is 2.67. The monoisotopic (exact) mass is 467 g/mol. The number of nitrogens with zero attached hydrogens (tertiary/aromatic N) is 3. The average molecular weight is 468 g/mol. The summed E-state index contributed by atoms with van der Waals surface area (Å²) in [6.07, 6.45) is 3.65. The number of benzene rings is 1. The maximum Gasteiger partial charge on any atom is 0.313 e. The zero-order chi connectivity index (χ0) is 23.3. The van der Waals surface area contributed by atoms with Crippen LogP contribution < -0.4 is 11.1 Å². The van der Waals surface area contributed by atoms with E-state index in [0.717, 1.165) is 34.2 Å². The molecule has 5 rings (SSSR count). The fourth-order valence-electron chi connectivity index (χ4n) is 4.50. The third-order valence-electron chi connectivity index (χ3n) is 6.89. The Kier molecular flexibility index (Phi) is 5.31. The quantitative estimate of drug-likeness (QED) is 0.555. The van der Waals surface area contributed by atoms with Gasteiger partial charge < -0.3 is 16.0 Å². The summed E-state index contributed by atoms with van der Waals surface area (Å²) in [6, 6.07) is 6.93. The van der Waals surface area contributed by atoms with Gasteiger partial charge in [-0.2, -0.15) is 0 Å². The van der Waals surface area contributed by atoms with Gasteiger partial charge >= 0.3 is 11.8 Å². The summed E-state index contributed by atoms with van der Waals surface area (Å²) in [7, 11) is 0. The number of thiazole rings is 1. The molecule has 9 heteroatoms. The lowest BCUT2D eigenvalue weighted by Crippen LogP contribution is -2.53. The van der Waals surface area contributed by atoms with Gasteiger partial charge in [-0.25, -0.2) is 14.4 Å². The molecule has 1 aromatic carbocycles. The number of hydrogen-bond donors (Lipinski definition) is 2. The van der Waals surface area contributed by atoms with E-state index >= 15 is 4.39 Å². The number of pyridine rings is 1. The number of fused-ring (bicyclic) bond motifs is 1. The standard InChI is InChI=1S/C24H26FN5O2S/c1-13-11-30(19(9-24(13,2)25)15-5-6-20-18(7-15)28-12-33-20)23(32)22(31)29-16-8-17(14-3-4-14)21(26)27-10-16/h5-8,10,12-14,19H,3-4,9,11H2,1-2H3,(H2,26,27)(H,29,31)/t13-,19-,24?/m0/s1. The van der Waals surface area contributed by atoms with Crippen molar-refractivity contribution in [3.05, 3.63) is 47.1 Å². The summed E-state index contributed by atoms with van der Waals surface area (Å²) in [4.78, 5) is 36.2. The molecule has 3 heterocycles. The average Bonchev–Trinajstić information content (AvgIpc) is 3.52. The van der Waals surface area contributed by atoms with Crippen molar-refractivity contribution in [3.63, 3.8) is 0 Å². The first-order valence-electron chi connectivity index (χ1n) is 11.1. The summed E-state index contributed by atoms with van der Waals surface area (Å²) in [5.74, 6) is -1.05. The number of carbonyl (C=O) groups is 2. The molecule has 2 aromatic heterocycles. The van der Waals surface area contributed by atoms with Gasteiger partial charge in [-0.3, -0.25) is 9.59 Å². The third kappa shape index (κ3) is 4.17. The first-order valence-corrected chi connectivity index (χ1v) is 12.0. The molecule has 1 saturated carbocycles. The van der Waals surface area contributed by atoms with Gasteiger partial charge in [0, 0.05) is 18.9 Å². The van der Waals surface area contributed by atoms with Gasteiger partial charge in [0.25, 0.3) is 0 Å². The van der Waals surface area contributed by atoms with Crippen LogP contribution >= 0.6 is 11.3 Å². The zero-order valence-electron chi connectivity index (χ0n) is 18.5. The highest BCUT2D eigenvalue weighted by Crippen LogP contribution is 2.44. The van der Waals surface area contributed by atoms with Crippen LogP contribution in [0, 0.1) is 5.92 Å². The van der Waals surface area contributed by atoms with E-state index in [0.29, 0.717) is 17.4 Å². The molecule has 2 aliphatic rings. The number of amides is 2. The molecule has 1 aliphatic heterocycles. The number of aromatic nitrogens is 2. The van der Waals surface area contributed by atoms with Crippen LogP contribution in [0.5, 0.6) is 0 Å². The molecule has 172 valence electrons. The SMILES string of the molecule is C[C@H]1CN(C(=O)C(=O)Nc2cnc(N)c(C3CC3)c2)[C@H](c2ccc3scnc3c2)CC1(C)F. The smallest absolute Gasteiger partial charge is 0.313 e. The summed E-state index contributed by atoms with van der Waals surface area (Å²) in [5.41, 5.74) is 9.15. The van der Waals surface area contributed by atoms with Crippen LogP contribution in [0.3, 0.4) is 0 Å². The summed E-state index contributed by atoms with van der Waals surface area (Å²) >= 11 is 1.52. The molecule has 1 aliphatic carbocycles. The lowest BCUT2D eigenvalue weighted by molar-refractivity contribution is -0.149. The van der Waals surface area contributed by atoms with E-state index in [4.69, 9.17) is 5.73 Å². The molecule has 2 amide bonds. The van der Waals surface area contributed by atoms with Gasteiger partial charge in [0.1, 0.15) is 11.5 Å². The maximum atomic E-state index is 15.3. The van der Waals surface area contributed by atoms with Crippen LogP contribution in [-0.2, 0) is 9.59 Å². The first-order chi connectivity index (χ1) is 15.7. The molecular formula is C24H26FN5O2S. The Morgan fingerprint density at radius 1 is 1.27 bits per heavy atom. The predicted molar refractivity (Wildman–Crippen MR) is 127 cm³/mol. The number of carbonyl (C=O) groups excluding carboxylic acids is 2. The number of halogens is 1. The first kappa shape index (κ1) is 21.8. The number of nitrogen functional groups attached to an aromatic ring is 1. The molecule has 3 N–H and O–H groups in total. The molecule has 0 radical (unpaired) electrons. The minimum absolute atomic E-state index is 0.109. The topological polar surface area (TPSA) is 101 Å². The van der Waals surface area contributed by atoms with Crippen LogP contribution in [0.25, 0.3) is 10.2 Å². The fourth-order valence-corrected chi connectivity index (χ4v) is 5.16. The number of rotatable bonds is 3. The molecule has 1 saturated heterocycles. The van der Waals surface area contributed by atoms with Gasteiger partial charge in [0.2, 0.25) is 0 Å². The van der Waals surface area contributed by atoms with Crippen molar-refractivity contribution in [1.82, 2.24) is 14.9 Å². The fraction of sp³-hybridized carbons (Fsp3) is 0.417. The van der Waals surface area contributed by atoms with Crippen molar-refractivity contribution >= 4 is 44.9 Å². The molecule has 1 unspecified atom stereocenters. The highest BCUT2D eigenvalue weighted by atomic mass is 32.1. The van der Waals surface area contributed by atoms with Crippen LogP contribution in [0.4, 0.5) is 15.9 Å². The zero-order valence-corrected chi connectivity index (χ0v) is 19.4. The summed E-state index contributed by atoms with van der Waals surface area (Å²) in [6.45, 7) is 3.48. The molecule has 3 aromatic rings. The van der Waals surface area contributed by atoms with E-state index in [1.165, 1.54) is 22.4 Å². The van der Waals surface area contributed by atoms with Gasteiger partial charge in [-0.1, -0.05) is 13.0 Å². The van der Waals surface area contributed by atoms with Crippen molar-refractivity contribution in [2.45, 2.75) is 50.7 Å². The lowest BCUT2D eigenvalue weighted by atomic mass is 9.79. The normalized spacial score (nSPS) is 25.2. The lowest BCUT2D eigenvalue weighted by Gasteiger charge is -2.45. The number of nitrogens with one attached hydrogen (secondary N) is 1. The third-order valence-corrected chi connectivity index (χ3v) is 7.70. The Morgan fingerprint density at radius 3 is 2.82 bits per heavy atom. The van der Waals surface area contributed by atoms with Crippen molar-refractivity contribution in [2.75, 3.05) is 17.6 Å². The Hall–Kier alpha value is -3.07. The van der Waals surface area contributed by atoms with E-state index in [2.05, 4.69) is 15.3 Å². The minimum Gasteiger partial charge on any atom is -0.383 e. The highest BCUT2D eigenvalue weighted by Gasteiger charge is 2.45. The molecule has 33 heavy (non-hydrogen) atoms. The van der Waals surface area contributed by atoms with E-state index in [9.17, 15) is 9.59 Å². The van der Waals surface area contributed by atoms with Crippen LogP contribution in [0.1, 0.15) is 56.2 Å². The number of likely N-dealkylation sites (tertiary alicyclic amines) is 1. The van der Waals surface area contributed by atoms with E-state index in [1.807, 2.05) is 18.2 Å². The number of alkyl halides is 1.